The van der Waals surface area contributed by atoms with E-state index in [4.69, 9.17) is 13.0 Å². The summed E-state index contributed by atoms with van der Waals surface area (Å²) in [5.41, 5.74) is 0. The molecule has 0 radical (unpaired) electrons. The first-order chi connectivity index (χ1) is 6.77. The number of thiol groups is 1. The summed E-state index contributed by atoms with van der Waals surface area (Å²) >= 11 is 6.34. The molecule has 0 aromatic rings. The van der Waals surface area contributed by atoms with Crippen molar-refractivity contribution in [3.8, 4) is 0 Å². The summed E-state index contributed by atoms with van der Waals surface area (Å²) < 4.78 is 28.5. The van der Waals surface area contributed by atoms with Crippen LogP contribution in [-0.2, 0) is 10.1 Å². The number of hydrogen-bond acceptors (Lipinski definition) is 5. The molecule has 0 aliphatic carbocycles. The highest BCUT2D eigenvalue weighted by Crippen LogP contribution is 2.15. The first kappa shape index (κ1) is 15.6. The topological polar surface area (TPSA) is 57.2 Å². The largest absolute Gasteiger partial charge is 0.748 e. The number of quaternary nitrogens is 1. The van der Waals surface area contributed by atoms with Gasteiger partial charge in [-0.15, -0.1) is 0 Å². The van der Waals surface area contributed by atoms with Crippen LogP contribution in [0, 0.1) is 0 Å². The second kappa shape index (κ2) is 7.01. The van der Waals surface area contributed by atoms with Gasteiger partial charge in [0.25, 0.3) is 0 Å². The summed E-state index contributed by atoms with van der Waals surface area (Å²) in [7, 11) is -1.57. The highest BCUT2D eigenvalue weighted by molar-refractivity contribution is 7.99. The van der Waals surface area contributed by atoms with Gasteiger partial charge in [-0.05, 0) is 0 Å². The molecular weight excluding hydrogens is 254 g/mol. The zero-order valence-corrected chi connectivity index (χ0v) is 11.7. The van der Waals surface area contributed by atoms with Gasteiger partial charge >= 0.3 is 0 Å². The molecule has 1 fully saturated rings. The minimum atomic E-state index is -3.92. The highest BCUT2D eigenvalue weighted by Gasteiger charge is 2.23. The van der Waals surface area contributed by atoms with Crippen molar-refractivity contribution >= 4 is 34.5 Å². The molecule has 92 valence electrons. The van der Waals surface area contributed by atoms with Crippen LogP contribution < -0.4 is 0 Å². The molecule has 1 aliphatic rings. The van der Waals surface area contributed by atoms with Gasteiger partial charge in [0, 0.05) is 23.5 Å². The Morgan fingerprint density at radius 1 is 1.40 bits per heavy atom. The van der Waals surface area contributed by atoms with Crippen molar-refractivity contribution < 1.29 is 17.5 Å². The second-order valence-electron chi connectivity index (χ2n) is 3.83. The standard InChI is InChI=1S/C7H15NS2.CH4O3S/c1-8(2-5-9)3-6-10-7-4-8;1-5(2,3)4/h2-7H2,1H3;1H3,(H,2,3,4). The Balaban J connectivity index is 0.000000336. The lowest BCUT2D eigenvalue weighted by molar-refractivity contribution is -0.903. The zero-order valence-electron chi connectivity index (χ0n) is 9.18. The van der Waals surface area contributed by atoms with Crippen molar-refractivity contribution in [3.05, 3.63) is 0 Å². The van der Waals surface area contributed by atoms with Crippen LogP contribution in [0.3, 0.4) is 0 Å². The van der Waals surface area contributed by atoms with E-state index >= 15 is 0 Å². The molecule has 0 spiro atoms. The lowest BCUT2D eigenvalue weighted by Gasteiger charge is -2.37. The van der Waals surface area contributed by atoms with Crippen LogP contribution in [0.1, 0.15) is 0 Å². The van der Waals surface area contributed by atoms with E-state index < -0.39 is 10.1 Å². The molecule has 0 unspecified atom stereocenters. The monoisotopic (exact) mass is 273 g/mol. The average Bonchev–Trinajstić information content (AvgIpc) is 2.02. The molecule has 0 N–H and O–H groups in total. The highest BCUT2D eigenvalue weighted by atomic mass is 32.2. The molecule has 1 heterocycles. The fourth-order valence-corrected chi connectivity index (χ4v) is 3.08. The summed E-state index contributed by atoms with van der Waals surface area (Å²) in [5.74, 6) is 3.70. The Morgan fingerprint density at radius 2 is 1.80 bits per heavy atom. The van der Waals surface area contributed by atoms with Gasteiger partial charge < -0.3 is 9.04 Å². The molecule has 0 atom stereocenters. The smallest absolute Gasteiger partial charge is 0.0916 e. The Morgan fingerprint density at radius 3 is 2.13 bits per heavy atom. The Bertz CT molecular complexity index is 247. The van der Waals surface area contributed by atoms with Crippen LogP contribution in [0.4, 0.5) is 0 Å². The SMILES string of the molecule is CS(=O)(=O)[O-].C[N+]1(CCS)CCSCC1. The van der Waals surface area contributed by atoms with Gasteiger partial charge in [-0.2, -0.15) is 24.4 Å². The van der Waals surface area contributed by atoms with Crippen molar-refractivity contribution in [2.24, 2.45) is 0 Å². The maximum absolute atomic E-state index is 9.08. The van der Waals surface area contributed by atoms with E-state index in [1.54, 1.807) is 0 Å². The predicted molar refractivity (Wildman–Crippen MR) is 67.6 cm³/mol. The molecule has 1 rings (SSSR count). The number of rotatable bonds is 2. The molecule has 0 amide bonds. The van der Waals surface area contributed by atoms with Crippen LogP contribution in [0.2, 0.25) is 0 Å². The van der Waals surface area contributed by atoms with Crippen molar-refractivity contribution in [1.82, 2.24) is 0 Å². The molecule has 4 nitrogen and oxygen atoms in total. The molecule has 0 bridgehead atoms. The minimum absolute atomic E-state index is 0.604. The average molecular weight is 273 g/mol. The van der Waals surface area contributed by atoms with Gasteiger partial charge in [0.05, 0.1) is 36.8 Å². The number of hydrogen-bond donors (Lipinski definition) is 1. The molecule has 1 aliphatic heterocycles. The van der Waals surface area contributed by atoms with Crippen molar-refractivity contribution in [3.63, 3.8) is 0 Å². The Labute approximate surface area is 102 Å². The van der Waals surface area contributed by atoms with E-state index in [-0.39, 0.29) is 0 Å². The molecule has 7 heteroatoms. The third kappa shape index (κ3) is 10.8. The fraction of sp³-hybridized carbons (Fsp3) is 1.00. The summed E-state index contributed by atoms with van der Waals surface area (Å²) in [4.78, 5) is 0. The Hall–Kier alpha value is 0.570. The molecule has 0 saturated carbocycles. The molecule has 15 heavy (non-hydrogen) atoms. The molecular formula is C8H19NO3S3. The van der Waals surface area contributed by atoms with E-state index in [9.17, 15) is 0 Å². The lowest BCUT2D eigenvalue weighted by Crippen LogP contribution is -2.50. The normalized spacial score (nSPS) is 20.3. The first-order valence-electron chi connectivity index (χ1n) is 4.70. The van der Waals surface area contributed by atoms with E-state index in [2.05, 4.69) is 31.4 Å². The van der Waals surface area contributed by atoms with Gasteiger partial charge in [-0.25, -0.2) is 8.42 Å². The molecule has 0 aromatic heterocycles. The van der Waals surface area contributed by atoms with Crippen LogP contribution >= 0.6 is 24.4 Å². The third-order valence-corrected chi connectivity index (χ3v) is 3.33. The fourth-order valence-electron chi connectivity index (χ4n) is 1.25. The summed E-state index contributed by atoms with van der Waals surface area (Å²) in [5, 5.41) is 0. The molecule has 0 aromatic carbocycles. The van der Waals surface area contributed by atoms with Gasteiger partial charge in [0.15, 0.2) is 0 Å². The number of thioether (sulfide) groups is 1. The van der Waals surface area contributed by atoms with Gasteiger partial charge in [0.2, 0.25) is 0 Å². The van der Waals surface area contributed by atoms with E-state index in [1.807, 2.05) is 0 Å². The van der Waals surface area contributed by atoms with Crippen LogP contribution in [0.15, 0.2) is 0 Å². The van der Waals surface area contributed by atoms with Gasteiger partial charge in [-0.1, -0.05) is 0 Å². The maximum Gasteiger partial charge on any atom is 0.0916 e. The van der Waals surface area contributed by atoms with E-state index in [1.165, 1.54) is 35.6 Å². The van der Waals surface area contributed by atoms with E-state index in [0.717, 1.165) is 5.75 Å². The Kier molecular flexibility index (Phi) is 7.27. The van der Waals surface area contributed by atoms with Crippen LogP contribution in [0.5, 0.6) is 0 Å². The van der Waals surface area contributed by atoms with Gasteiger partial charge in [0.1, 0.15) is 0 Å². The second-order valence-corrected chi connectivity index (χ2v) is 6.91. The maximum atomic E-state index is 9.08. The third-order valence-electron chi connectivity index (χ3n) is 2.19. The van der Waals surface area contributed by atoms with Crippen LogP contribution in [0.25, 0.3) is 0 Å². The lowest BCUT2D eigenvalue weighted by atomic mass is 10.4. The summed E-state index contributed by atoms with van der Waals surface area (Å²) in [6.45, 7) is 3.92. The van der Waals surface area contributed by atoms with Crippen molar-refractivity contribution in [2.75, 3.05) is 50.2 Å². The quantitative estimate of drug-likeness (QED) is 0.446. The first-order valence-corrected chi connectivity index (χ1v) is 8.30. The summed E-state index contributed by atoms with van der Waals surface area (Å²) in [6.07, 6.45) is 0.604. The summed E-state index contributed by atoms with van der Waals surface area (Å²) in [6, 6.07) is 0. The minimum Gasteiger partial charge on any atom is -0.748 e. The van der Waals surface area contributed by atoms with Crippen LogP contribution in [-0.4, -0.2) is 67.6 Å². The number of nitrogens with zero attached hydrogens (tertiary/aromatic N) is 1. The van der Waals surface area contributed by atoms with Crippen molar-refractivity contribution in [1.29, 1.82) is 0 Å². The predicted octanol–water partition coefficient (Wildman–Crippen LogP) is 0.271. The van der Waals surface area contributed by atoms with Gasteiger partial charge in [-0.3, -0.25) is 0 Å². The zero-order chi connectivity index (χ0) is 11.9. The molecule has 1 saturated heterocycles. The van der Waals surface area contributed by atoms with Crippen molar-refractivity contribution in [2.45, 2.75) is 0 Å². The van der Waals surface area contributed by atoms with E-state index in [0.29, 0.717) is 6.26 Å².